The van der Waals surface area contributed by atoms with Crippen molar-refractivity contribution in [2.24, 2.45) is 0 Å². The molecule has 1 atom stereocenters. The van der Waals surface area contributed by atoms with Gasteiger partial charge >= 0.3 is 18.8 Å². The molecule has 9 nitrogen and oxygen atoms in total. The Hall–Kier alpha value is -4.56. The fourth-order valence-corrected chi connectivity index (χ4v) is 6.76. The average molecular weight is 671 g/mol. The average Bonchev–Trinajstić information content (AvgIpc) is 3.83. The minimum atomic E-state index is -4.65. The number of carbonyl (C=O) groups is 1. The molecule has 2 fully saturated rings. The van der Waals surface area contributed by atoms with Crippen LogP contribution in [-0.2, 0) is 24.1 Å². The van der Waals surface area contributed by atoms with E-state index in [4.69, 9.17) is 13.6 Å². The maximum atomic E-state index is 14.2. The van der Waals surface area contributed by atoms with E-state index < -0.39 is 30.4 Å². The Kier molecular flexibility index (Phi) is 8.32. The number of benzene rings is 3. The molecule has 2 aliphatic rings. The van der Waals surface area contributed by atoms with E-state index in [2.05, 4.69) is 14.9 Å². The van der Waals surface area contributed by atoms with Gasteiger partial charge in [-0.2, -0.15) is 22.0 Å². The van der Waals surface area contributed by atoms with E-state index in [1.165, 1.54) is 12.1 Å². The first-order valence-electron chi connectivity index (χ1n) is 15.6. The predicted octanol–water partition coefficient (Wildman–Crippen LogP) is 7.88. The summed E-state index contributed by atoms with van der Waals surface area (Å²) in [6.45, 7) is 1.20. The lowest BCUT2D eigenvalue weighted by Crippen LogP contribution is -2.35. The fraction of sp³-hybridized carbons (Fsp3) is 0.382. The Morgan fingerprint density at radius 2 is 1.69 bits per heavy atom. The van der Waals surface area contributed by atoms with Crippen molar-refractivity contribution < 1.29 is 45.4 Å². The SMILES string of the molecule is Cc1c(-c2nc3cc(CN4CCC[C@H]4C(=O)O)c(OC(F)F)cc3o2)cccc1-c1nc2cc(CN3CCCC3)cc(C(F)(F)F)c2o1. The molecule has 2 saturated heterocycles. The van der Waals surface area contributed by atoms with E-state index >= 15 is 0 Å². The van der Waals surface area contributed by atoms with E-state index in [-0.39, 0.29) is 40.8 Å². The smallest absolute Gasteiger partial charge is 0.420 e. The summed E-state index contributed by atoms with van der Waals surface area (Å²) in [4.78, 5) is 24.6. The van der Waals surface area contributed by atoms with E-state index in [9.17, 15) is 31.9 Å². The lowest BCUT2D eigenvalue weighted by atomic mass is 10.0. The lowest BCUT2D eigenvalue weighted by Gasteiger charge is -2.22. The van der Waals surface area contributed by atoms with Crippen molar-refractivity contribution in [2.45, 2.75) is 64.5 Å². The number of halogens is 5. The highest BCUT2D eigenvalue weighted by atomic mass is 19.4. The zero-order valence-corrected chi connectivity index (χ0v) is 25.8. The van der Waals surface area contributed by atoms with Crippen LogP contribution in [0.2, 0.25) is 0 Å². The van der Waals surface area contributed by atoms with Crippen LogP contribution in [0.4, 0.5) is 22.0 Å². The highest BCUT2D eigenvalue weighted by Crippen LogP contribution is 2.40. The molecule has 0 bridgehead atoms. The van der Waals surface area contributed by atoms with Crippen molar-refractivity contribution in [3.63, 3.8) is 0 Å². The molecule has 48 heavy (non-hydrogen) atoms. The summed E-state index contributed by atoms with van der Waals surface area (Å²) in [7, 11) is 0. The number of fused-ring (bicyclic) bond motifs is 2. The Morgan fingerprint density at radius 1 is 0.979 bits per heavy atom. The molecule has 0 amide bonds. The number of alkyl halides is 5. The molecule has 0 saturated carbocycles. The Balaban J connectivity index is 1.25. The van der Waals surface area contributed by atoms with Crippen molar-refractivity contribution in [1.29, 1.82) is 0 Å². The molecule has 7 rings (SSSR count). The van der Waals surface area contributed by atoms with Crippen molar-refractivity contribution in [1.82, 2.24) is 19.8 Å². The predicted molar refractivity (Wildman–Crippen MR) is 164 cm³/mol. The van der Waals surface area contributed by atoms with Crippen molar-refractivity contribution >= 4 is 28.2 Å². The number of carboxylic acids is 1. The van der Waals surface area contributed by atoms with E-state index in [1.54, 1.807) is 36.1 Å². The van der Waals surface area contributed by atoms with Crippen molar-refractivity contribution in [3.05, 3.63) is 64.7 Å². The maximum Gasteiger partial charge on any atom is 0.420 e. The molecule has 3 aromatic carbocycles. The minimum Gasteiger partial charge on any atom is -0.480 e. The van der Waals surface area contributed by atoms with Crippen LogP contribution in [0.5, 0.6) is 5.75 Å². The summed E-state index contributed by atoms with van der Waals surface area (Å²) in [6, 6.07) is 9.91. The van der Waals surface area contributed by atoms with Gasteiger partial charge in [0.05, 0.1) is 0 Å². The first kappa shape index (κ1) is 32.0. The number of hydrogen-bond acceptors (Lipinski definition) is 8. The third-order valence-corrected chi connectivity index (χ3v) is 9.06. The second-order valence-corrected chi connectivity index (χ2v) is 12.3. The molecule has 0 spiro atoms. The fourth-order valence-electron chi connectivity index (χ4n) is 6.76. The van der Waals surface area contributed by atoms with E-state index in [0.29, 0.717) is 59.3 Å². The third-order valence-electron chi connectivity index (χ3n) is 9.06. The number of oxazole rings is 2. The van der Waals surface area contributed by atoms with Gasteiger partial charge in [-0.25, -0.2) is 9.97 Å². The number of aromatic nitrogens is 2. The van der Waals surface area contributed by atoms with Crippen LogP contribution in [0.15, 0.2) is 51.3 Å². The number of rotatable bonds is 9. The molecule has 0 aliphatic carbocycles. The zero-order chi connectivity index (χ0) is 33.7. The molecule has 4 heterocycles. The van der Waals surface area contributed by atoms with Gasteiger partial charge in [0.1, 0.15) is 28.4 Å². The van der Waals surface area contributed by atoms with Crippen LogP contribution in [-0.4, -0.2) is 63.1 Å². The largest absolute Gasteiger partial charge is 0.480 e. The van der Waals surface area contributed by atoms with Crippen molar-refractivity contribution in [3.8, 4) is 28.7 Å². The highest BCUT2D eigenvalue weighted by Gasteiger charge is 2.36. The molecule has 2 aliphatic heterocycles. The van der Waals surface area contributed by atoms with Crippen LogP contribution in [0.25, 0.3) is 45.1 Å². The van der Waals surface area contributed by atoms with Gasteiger partial charge in [-0.1, -0.05) is 6.07 Å². The minimum absolute atomic E-state index is 0.00205. The zero-order valence-electron chi connectivity index (χ0n) is 25.8. The second kappa shape index (κ2) is 12.5. The topological polar surface area (TPSA) is 105 Å². The Bertz CT molecular complexity index is 2000. The number of carboxylic acid groups (broad SMARTS) is 1. The van der Waals surface area contributed by atoms with Gasteiger partial charge in [0.25, 0.3) is 0 Å². The molecule has 0 unspecified atom stereocenters. The van der Waals surface area contributed by atoms with Crippen LogP contribution >= 0.6 is 0 Å². The summed E-state index contributed by atoms with van der Waals surface area (Å²) in [5.74, 6) is -1.01. The van der Waals surface area contributed by atoms with Gasteiger partial charge in [0.15, 0.2) is 11.2 Å². The molecule has 5 aromatic rings. The number of ether oxygens (including phenoxy) is 1. The van der Waals surface area contributed by atoms with Gasteiger partial charge < -0.3 is 18.7 Å². The van der Waals surface area contributed by atoms with E-state index in [0.717, 1.165) is 32.0 Å². The normalized spacial score (nSPS) is 17.8. The van der Waals surface area contributed by atoms with Crippen LogP contribution in [0.1, 0.15) is 47.9 Å². The molecule has 252 valence electrons. The molecule has 0 radical (unpaired) electrons. The summed E-state index contributed by atoms with van der Waals surface area (Å²) in [5.41, 5.74) is 1.67. The lowest BCUT2D eigenvalue weighted by molar-refractivity contribution is -0.142. The highest BCUT2D eigenvalue weighted by molar-refractivity contribution is 5.84. The van der Waals surface area contributed by atoms with Gasteiger partial charge in [0, 0.05) is 35.8 Å². The van der Waals surface area contributed by atoms with Gasteiger partial charge in [0.2, 0.25) is 11.8 Å². The summed E-state index contributed by atoms with van der Waals surface area (Å²) in [5, 5.41) is 9.58. The number of likely N-dealkylation sites (tertiary alicyclic amines) is 2. The second-order valence-electron chi connectivity index (χ2n) is 12.3. The van der Waals surface area contributed by atoms with Gasteiger partial charge in [-0.05, 0) is 93.7 Å². The summed E-state index contributed by atoms with van der Waals surface area (Å²) < 4.78 is 85.9. The summed E-state index contributed by atoms with van der Waals surface area (Å²) >= 11 is 0. The third kappa shape index (κ3) is 6.21. The van der Waals surface area contributed by atoms with Crippen LogP contribution in [0, 0.1) is 6.92 Å². The summed E-state index contributed by atoms with van der Waals surface area (Å²) in [6.07, 6.45) is -1.53. The monoisotopic (exact) mass is 670 g/mol. The van der Waals surface area contributed by atoms with Gasteiger partial charge in [-0.3, -0.25) is 14.6 Å². The Morgan fingerprint density at radius 3 is 2.38 bits per heavy atom. The van der Waals surface area contributed by atoms with Gasteiger partial charge in [-0.15, -0.1) is 0 Å². The maximum absolute atomic E-state index is 14.2. The first-order valence-corrected chi connectivity index (χ1v) is 15.6. The number of hydrogen-bond donors (Lipinski definition) is 1. The molecule has 1 N–H and O–H groups in total. The van der Waals surface area contributed by atoms with Crippen LogP contribution in [0.3, 0.4) is 0 Å². The van der Waals surface area contributed by atoms with E-state index in [1.807, 2.05) is 0 Å². The van der Waals surface area contributed by atoms with Crippen molar-refractivity contribution in [2.75, 3.05) is 19.6 Å². The molecular formula is C34H31F5N4O5. The molecular weight excluding hydrogens is 639 g/mol. The Labute approximate surface area is 270 Å². The van der Waals surface area contributed by atoms with Crippen LogP contribution < -0.4 is 4.74 Å². The number of aliphatic carboxylic acids is 1. The standard InChI is InChI=1S/C34H31F5N4O5/c1-18-21(30-40-24-14-20(17-43-11-5-8-26(43)32(44)45)27(47-33(35)36)15-28(24)46-30)6-4-7-22(18)31-41-25-13-19(16-42-9-2-3-10-42)12-23(29(25)48-31)34(37,38)39/h4,6-7,12-15,26,33H,2-3,5,8-11,16-17H2,1H3,(H,44,45)/t26-/m0/s1. The number of nitrogens with zero attached hydrogens (tertiary/aromatic N) is 4. The quantitative estimate of drug-likeness (QED) is 0.157. The molecule has 14 heteroatoms. The first-order chi connectivity index (χ1) is 22.9. The molecule has 2 aromatic heterocycles.